The van der Waals surface area contributed by atoms with E-state index in [0.29, 0.717) is 0 Å². The monoisotopic (exact) mass is 189 g/mol. The highest BCUT2D eigenvalue weighted by Crippen LogP contribution is 2.17. The van der Waals surface area contributed by atoms with Gasteiger partial charge in [-0.3, -0.25) is 0 Å². The van der Waals surface area contributed by atoms with Crippen LogP contribution in [0.2, 0.25) is 0 Å². The maximum atomic E-state index is 8.75. The van der Waals surface area contributed by atoms with Crippen molar-refractivity contribution in [3.05, 3.63) is 36.0 Å². The molecular weight excluding hydrogens is 174 g/mol. The van der Waals surface area contributed by atoms with Gasteiger partial charge in [0.25, 0.3) is 0 Å². The Hall–Kier alpha value is -1.28. The van der Waals surface area contributed by atoms with E-state index in [4.69, 9.17) is 5.11 Å². The molecule has 0 bridgehead atoms. The molecule has 0 radical (unpaired) electrons. The van der Waals surface area contributed by atoms with Gasteiger partial charge >= 0.3 is 0 Å². The lowest BCUT2D eigenvalue weighted by Gasteiger charge is -2.01. The standard InChI is InChI=1S/C12H15NO/c1-13-7-6-11-5-4-10(3-2-8-14)9-12(11)13/h4-7,9,14H,2-3,8H2,1H3. The van der Waals surface area contributed by atoms with Crippen molar-refractivity contribution in [2.24, 2.45) is 7.05 Å². The Balaban J connectivity index is 2.34. The first kappa shape index (κ1) is 9.28. The van der Waals surface area contributed by atoms with E-state index in [0.717, 1.165) is 12.8 Å². The van der Waals surface area contributed by atoms with E-state index >= 15 is 0 Å². The molecule has 2 aromatic rings. The minimum atomic E-state index is 0.269. The van der Waals surface area contributed by atoms with Crippen LogP contribution in [0.5, 0.6) is 0 Å². The van der Waals surface area contributed by atoms with Gasteiger partial charge in [-0.15, -0.1) is 0 Å². The lowest BCUT2D eigenvalue weighted by atomic mass is 10.1. The summed E-state index contributed by atoms with van der Waals surface area (Å²) in [5.41, 5.74) is 2.56. The molecule has 0 aliphatic carbocycles. The van der Waals surface area contributed by atoms with Gasteiger partial charge in [0.2, 0.25) is 0 Å². The second-order valence-corrected chi connectivity index (χ2v) is 3.65. The van der Waals surface area contributed by atoms with E-state index in [9.17, 15) is 0 Å². The van der Waals surface area contributed by atoms with Gasteiger partial charge in [0.1, 0.15) is 0 Å². The third-order valence-corrected chi connectivity index (χ3v) is 2.58. The average Bonchev–Trinajstić information content (AvgIpc) is 2.57. The van der Waals surface area contributed by atoms with E-state index in [-0.39, 0.29) is 6.61 Å². The number of rotatable bonds is 3. The molecule has 2 heteroatoms. The molecule has 0 amide bonds. The highest BCUT2D eigenvalue weighted by molar-refractivity contribution is 5.80. The number of aliphatic hydroxyl groups excluding tert-OH is 1. The number of aryl methyl sites for hydroxylation is 2. The molecule has 1 N–H and O–H groups in total. The molecule has 0 aliphatic heterocycles. The summed E-state index contributed by atoms with van der Waals surface area (Å²) in [7, 11) is 2.05. The fraction of sp³-hybridized carbons (Fsp3) is 0.333. The minimum Gasteiger partial charge on any atom is -0.396 e. The molecule has 0 spiro atoms. The first-order valence-electron chi connectivity index (χ1n) is 4.96. The van der Waals surface area contributed by atoms with Crippen LogP contribution >= 0.6 is 0 Å². The van der Waals surface area contributed by atoms with Crippen molar-refractivity contribution in [1.29, 1.82) is 0 Å². The lowest BCUT2D eigenvalue weighted by Crippen LogP contribution is -1.90. The molecule has 0 saturated heterocycles. The van der Waals surface area contributed by atoms with Gasteiger partial charge in [-0.05, 0) is 35.9 Å². The Bertz CT molecular complexity index is 431. The number of hydrogen-bond donors (Lipinski definition) is 1. The van der Waals surface area contributed by atoms with Crippen LogP contribution in [0.1, 0.15) is 12.0 Å². The van der Waals surface area contributed by atoms with Crippen molar-refractivity contribution < 1.29 is 5.11 Å². The van der Waals surface area contributed by atoms with Crippen molar-refractivity contribution in [2.45, 2.75) is 12.8 Å². The molecule has 1 aromatic carbocycles. The van der Waals surface area contributed by atoms with E-state index in [1.807, 2.05) is 0 Å². The normalized spacial score (nSPS) is 11.0. The SMILES string of the molecule is Cn1ccc2ccc(CCCO)cc21. The second-order valence-electron chi connectivity index (χ2n) is 3.65. The van der Waals surface area contributed by atoms with Crippen LogP contribution in [0.15, 0.2) is 30.5 Å². The Morgan fingerprint density at radius 3 is 2.93 bits per heavy atom. The van der Waals surface area contributed by atoms with Crippen LogP contribution < -0.4 is 0 Å². The van der Waals surface area contributed by atoms with Crippen molar-refractivity contribution in [3.63, 3.8) is 0 Å². The summed E-state index contributed by atoms with van der Waals surface area (Å²) < 4.78 is 2.12. The molecule has 0 atom stereocenters. The van der Waals surface area contributed by atoms with Crippen molar-refractivity contribution in [2.75, 3.05) is 6.61 Å². The summed E-state index contributed by atoms with van der Waals surface area (Å²) in [5.74, 6) is 0. The number of hydrogen-bond acceptors (Lipinski definition) is 1. The summed E-state index contributed by atoms with van der Waals surface area (Å²) in [5, 5.41) is 10.0. The molecule has 0 aliphatic rings. The summed E-state index contributed by atoms with van der Waals surface area (Å²) in [6.45, 7) is 0.269. The second kappa shape index (κ2) is 3.84. The lowest BCUT2D eigenvalue weighted by molar-refractivity contribution is 0.288. The summed E-state index contributed by atoms with van der Waals surface area (Å²) in [6.07, 6.45) is 3.87. The van der Waals surface area contributed by atoms with Crippen LogP contribution in [0.25, 0.3) is 10.9 Å². The van der Waals surface area contributed by atoms with Gasteiger partial charge < -0.3 is 9.67 Å². The van der Waals surface area contributed by atoms with Crippen LogP contribution in [0.3, 0.4) is 0 Å². The third kappa shape index (κ3) is 1.66. The molecule has 2 rings (SSSR count). The van der Waals surface area contributed by atoms with Gasteiger partial charge in [-0.1, -0.05) is 12.1 Å². The van der Waals surface area contributed by atoms with Gasteiger partial charge in [0.05, 0.1) is 0 Å². The summed E-state index contributed by atoms with van der Waals surface area (Å²) in [6, 6.07) is 8.59. The van der Waals surface area contributed by atoms with Crippen molar-refractivity contribution in [3.8, 4) is 0 Å². The zero-order valence-electron chi connectivity index (χ0n) is 8.40. The largest absolute Gasteiger partial charge is 0.396 e. The predicted molar refractivity (Wildman–Crippen MR) is 58.3 cm³/mol. The Morgan fingerprint density at radius 2 is 2.14 bits per heavy atom. The van der Waals surface area contributed by atoms with Crippen molar-refractivity contribution in [1.82, 2.24) is 4.57 Å². The number of aliphatic hydroxyl groups is 1. The number of fused-ring (bicyclic) bond motifs is 1. The molecule has 2 nitrogen and oxygen atoms in total. The summed E-state index contributed by atoms with van der Waals surface area (Å²) in [4.78, 5) is 0. The third-order valence-electron chi connectivity index (χ3n) is 2.58. The summed E-state index contributed by atoms with van der Waals surface area (Å²) >= 11 is 0. The first-order chi connectivity index (χ1) is 6.81. The molecule has 0 fully saturated rings. The van der Waals surface area contributed by atoms with Crippen LogP contribution in [-0.2, 0) is 13.5 Å². The van der Waals surface area contributed by atoms with Gasteiger partial charge in [0, 0.05) is 25.4 Å². The fourth-order valence-electron chi connectivity index (χ4n) is 1.75. The Kier molecular flexibility index (Phi) is 2.55. The van der Waals surface area contributed by atoms with Crippen molar-refractivity contribution >= 4 is 10.9 Å². The number of aromatic nitrogens is 1. The zero-order valence-corrected chi connectivity index (χ0v) is 8.40. The average molecular weight is 189 g/mol. The van der Waals surface area contributed by atoms with Gasteiger partial charge in [-0.2, -0.15) is 0 Å². The van der Waals surface area contributed by atoms with E-state index < -0.39 is 0 Å². The molecule has 1 heterocycles. The maximum absolute atomic E-state index is 8.75. The van der Waals surface area contributed by atoms with Crippen LogP contribution in [-0.4, -0.2) is 16.3 Å². The van der Waals surface area contributed by atoms with Crippen LogP contribution in [0.4, 0.5) is 0 Å². The molecular formula is C12H15NO. The smallest absolute Gasteiger partial charge is 0.0480 e. The topological polar surface area (TPSA) is 25.2 Å². The van der Waals surface area contributed by atoms with E-state index in [1.165, 1.54) is 16.5 Å². The van der Waals surface area contributed by atoms with Gasteiger partial charge in [-0.25, -0.2) is 0 Å². The number of benzene rings is 1. The Labute approximate surface area is 83.8 Å². The molecule has 1 aromatic heterocycles. The minimum absolute atomic E-state index is 0.269. The quantitative estimate of drug-likeness (QED) is 0.786. The highest BCUT2D eigenvalue weighted by Gasteiger charge is 1.99. The van der Waals surface area contributed by atoms with Crippen LogP contribution in [0, 0.1) is 0 Å². The molecule has 0 unspecified atom stereocenters. The van der Waals surface area contributed by atoms with E-state index in [1.54, 1.807) is 0 Å². The number of nitrogens with zero attached hydrogens (tertiary/aromatic N) is 1. The zero-order chi connectivity index (χ0) is 9.97. The Morgan fingerprint density at radius 1 is 1.29 bits per heavy atom. The molecule has 0 saturated carbocycles. The van der Waals surface area contributed by atoms with E-state index in [2.05, 4.69) is 42.1 Å². The highest BCUT2D eigenvalue weighted by atomic mass is 16.2. The predicted octanol–water partition coefficient (Wildman–Crippen LogP) is 2.10. The first-order valence-corrected chi connectivity index (χ1v) is 4.96. The molecule has 74 valence electrons. The fourth-order valence-corrected chi connectivity index (χ4v) is 1.75. The van der Waals surface area contributed by atoms with Gasteiger partial charge in [0.15, 0.2) is 0 Å². The molecule has 14 heavy (non-hydrogen) atoms. The maximum Gasteiger partial charge on any atom is 0.0480 e.